The fraction of sp³-hybridized carbons (Fsp3) is 0.348. The third kappa shape index (κ3) is 4.54. The van der Waals surface area contributed by atoms with E-state index in [0.29, 0.717) is 37.7 Å². The van der Waals surface area contributed by atoms with Gasteiger partial charge in [0.2, 0.25) is 5.95 Å². The summed E-state index contributed by atoms with van der Waals surface area (Å²) in [6.45, 7) is 4.66. The maximum Gasteiger partial charge on any atom is 0.262 e. The Morgan fingerprint density at radius 3 is 2.58 bits per heavy atom. The molecule has 0 atom stereocenters. The molecule has 0 unspecified atom stereocenters. The number of nitrogens with one attached hydrogen (secondary N) is 1. The van der Waals surface area contributed by atoms with Gasteiger partial charge in [-0.25, -0.2) is 33.0 Å². The quantitative estimate of drug-likeness (QED) is 0.398. The van der Waals surface area contributed by atoms with Crippen molar-refractivity contribution in [1.82, 2.24) is 38.6 Å². The van der Waals surface area contributed by atoms with E-state index in [-0.39, 0.29) is 11.1 Å². The summed E-state index contributed by atoms with van der Waals surface area (Å²) in [5.74, 6) is 0.965. The molecule has 0 aromatic carbocycles. The van der Waals surface area contributed by atoms with Gasteiger partial charge < -0.3 is 15.6 Å². The van der Waals surface area contributed by atoms with Gasteiger partial charge in [-0.2, -0.15) is 9.40 Å². The van der Waals surface area contributed by atoms with Crippen LogP contribution < -0.4 is 11.1 Å². The molecule has 1 aliphatic heterocycles. The first-order valence-corrected chi connectivity index (χ1v) is 13.0. The number of aryl methyl sites for hydroxylation is 2. The van der Waals surface area contributed by atoms with Crippen molar-refractivity contribution < 1.29 is 8.42 Å². The summed E-state index contributed by atoms with van der Waals surface area (Å²) in [7, 11) is -1.84. The zero-order valence-electron chi connectivity index (χ0n) is 20.3. The Hall–Kier alpha value is -3.84. The Balaban J connectivity index is 1.29. The number of aromatic nitrogens is 7. The number of hydrogen-bond donors (Lipinski definition) is 2. The third-order valence-electron chi connectivity index (χ3n) is 6.36. The molecule has 0 spiro atoms. The Labute approximate surface area is 209 Å². The van der Waals surface area contributed by atoms with E-state index in [9.17, 15) is 8.42 Å². The lowest BCUT2D eigenvalue weighted by molar-refractivity contribution is 0.328. The molecule has 0 aliphatic carbocycles. The first kappa shape index (κ1) is 23.9. The highest BCUT2D eigenvalue weighted by molar-refractivity contribution is 7.89. The first-order chi connectivity index (χ1) is 17.2. The van der Waals surface area contributed by atoms with E-state index >= 15 is 0 Å². The lowest BCUT2D eigenvalue weighted by Crippen LogP contribution is -2.42. The summed E-state index contributed by atoms with van der Waals surface area (Å²) in [6.07, 6.45) is 11.4. The van der Waals surface area contributed by atoms with Crippen LogP contribution in [0.1, 0.15) is 24.0 Å². The summed E-state index contributed by atoms with van der Waals surface area (Å²) < 4.78 is 30.5. The van der Waals surface area contributed by atoms with Crippen molar-refractivity contribution in [2.75, 3.05) is 24.1 Å². The number of piperidine rings is 1. The SMILES string of the molecule is Cc1cnc(NC2CCN(S(=O)(=O)c3cn(C)cn3)CC2)nc1-c1cnn(-c2ccnc(N)c2C)c1. The first-order valence-electron chi connectivity index (χ1n) is 11.6. The number of nitrogens with zero attached hydrogens (tertiary/aromatic N) is 8. The molecule has 0 radical (unpaired) electrons. The van der Waals surface area contributed by atoms with E-state index in [0.717, 1.165) is 28.1 Å². The van der Waals surface area contributed by atoms with Crippen LogP contribution >= 0.6 is 0 Å². The molecule has 3 N–H and O–H groups in total. The molecule has 4 aromatic rings. The van der Waals surface area contributed by atoms with Gasteiger partial charge in [0.25, 0.3) is 10.0 Å². The molecule has 36 heavy (non-hydrogen) atoms. The minimum Gasteiger partial charge on any atom is -0.383 e. The van der Waals surface area contributed by atoms with Crippen molar-refractivity contribution in [3.8, 4) is 16.9 Å². The van der Waals surface area contributed by atoms with Crippen molar-refractivity contribution >= 4 is 21.8 Å². The van der Waals surface area contributed by atoms with E-state index in [1.807, 2.05) is 26.1 Å². The second kappa shape index (κ2) is 9.32. The lowest BCUT2D eigenvalue weighted by Gasteiger charge is -2.31. The van der Waals surface area contributed by atoms with Crippen LogP contribution in [-0.2, 0) is 17.1 Å². The Morgan fingerprint density at radius 1 is 1.08 bits per heavy atom. The average Bonchev–Trinajstić information content (AvgIpc) is 3.52. The standard InChI is InChI=1S/C23H28N10O2S/c1-15-10-26-23(29-18-5-8-32(9-6-18)36(34,35)20-13-31(3)14-27-20)30-21(15)17-11-28-33(12-17)19-4-7-25-22(24)16(19)2/h4,7,10-14,18H,5-6,8-9H2,1-3H3,(H2,24,25)(H,26,29,30). The number of sulfonamides is 1. The molecule has 0 bridgehead atoms. The van der Waals surface area contributed by atoms with Crippen LogP contribution in [0.2, 0.25) is 0 Å². The van der Waals surface area contributed by atoms with Gasteiger partial charge in [-0.05, 0) is 38.3 Å². The molecule has 13 heteroatoms. The zero-order valence-corrected chi connectivity index (χ0v) is 21.1. The summed E-state index contributed by atoms with van der Waals surface area (Å²) in [4.78, 5) is 17.3. The van der Waals surface area contributed by atoms with Crippen LogP contribution in [0.3, 0.4) is 0 Å². The predicted octanol–water partition coefficient (Wildman–Crippen LogP) is 1.92. The molecule has 0 amide bonds. The molecule has 5 heterocycles. The molecular formula is C23H28N10O2S. The third-order valence-corrected chi connectivity index (χ3v) is 8.15. The molecule has 1 aliphatic rings. The summed E-state index contributed by atoms with van der Waals surface area (Å²) in [6, 6.07) is 1.92. The van der Waals surface area contributed by atoms with Crippen LogP contribution in [-0.4, -0.2) is 66.1 Å². The van der Waals surface area contributed by atoms with Gasteiger partial charge in [0.15, 0.2) is 5.03 Å². The van der Waals surface area contributed by atoms with Crippen LogP contribution in [0.5, 0.6) is 0 Å². The van der Waals surface area contributed by atoms with Gasteiger partial charge in [-0.3, -0.25) is 0 Å². The molecule has 12 nitrogen and oxygen atoms in total. The van der Waals surface area contributed by atoms with Crippen LogP contribution in [0, 0.1) is 13.8 Å². The average molecular weight is 509 g/mol. The highest BCUT2D eigenvalue weighted by Crippen LogP contribution is 2.26. The second-order valence-electron chi connectivity index (χ2n) is 8.94. The largest absolute Gasteiger partial charge is 0.383 e. The number of imidazole rings is 1. The van der Waals surface area contributed by atoms with Crippen molar-refractivity contribution in [2.24, 2.45) is 7.05 Å². The van der Waals surface area contributed by atoms with Gasteiger partial charge in [0.05, 0.1) is 23.9 Å². The number of pyridine rings is 1. The zero-order chi connectivity index (χ0) is 25.4. The van der Waals surface area contributed by atoms with Gasteiger partial charge >= 0.3 is 0 Å². The number of nitrogen functional groups attached to an aromatic ring is 1. The fourth-order valence-electron chi connectivity index (χ4n) is 4.25. The molecule has 1 saturated heterocycles. The summed E-state index contributed by atoms with van der Waals surface area (Å²) in [5, 5.41) is 7.94. The summed E-state index contributed by atoms with van der Waals surface area (Å²) in [5.41, 5.74) is 10.2. The Kier molecular flexibility index (Phi) is 6.18. The van der Waals surface area contributed by atoms with Crippen LogP contribution in [0.15, 0.2) is 48.4 Å². The lowest BCUT2D eigenvalue weighted by atomic mass is 10.1. The molecular weight excluding hydrogens is 480 g/mol. The van der Waals surface area contributed by atoms with E-state index in [2.05, 4.69) is 25.4 Å². The highest BCUT2D eigenvalue weighted by Gasteiger charge is 2.31. The predicted molar refractivity (Wildman–Crippen MR) is 135 cm³/mol. The van der Waals surface area contributed by atoms with Crippen LogP contribution in [0.4, 0.5) is 11.8 Å². The van der Waals surface area contributed by atoms with Gasteiger partial charge in [-0.15, -0.1) is 0 Å². The molecule has 188 valence electrons. The maximum absolute atomic E-state index is 12.8. The minimum absolute atomic E-state index is 0.0564. The van der Waals surface area contributed by atoms with E-state index in [4.69, 9.17) is 10.7 Å². The Morgan fingerprint density at radius 2 is 1.86 bits per heavy atom. The highest BCUT2D eigenvalue weighted by atomic mass is 32.2. The van der Waals surface area contributed by atoms with E-state index < -0.39 is 10.0 Å². The van der Waals surface area contributed by atoms with Crippen molar-refractivity contribution in [3.05, 3.63) is 54.5 Å². The number of nitrogens with two attached hydrogens (primary N) is 1. The van der Waals surface area contributed by atoms with Crippen LogP contribution in [0.25, 0.3) is 16.9 Å². The number of anilines is 2. The smallest absolute Gasteiger partial charge is 0.262 e. The van der Waals surface area contributed by atoms with Crippen molar-refractivity contribution in [1.29, 1.82) is 0 Å². The van der Waals surface area contributed by atoms with Gasteiger partial charge in [0.1, 0.15) is 5.82 Å². The molecule has 0 saturated carbocycles. The monoisotopic (exact) mass is 508 g/mol. The topological polar surface area (TPSA) is 150 Å². The Bertz CT molecular complexity index is 1500. The minimum atomic E-state index is -3.59. The molecule has 5 rings (SSSR count). The number of rotatable bonds is 6. The van der Waals surface area contributed by atoms with E-state index in [1.54, 1.807) is 34.9 Å². The van der Waals surface area contributed by atoms with Crippen molar-refractivity contribution in [2.45, 2.75) is 37.8 Å². The second-order valence-corrected chi connectivity index (χ2v) is 10.8. The van der Waals surface area contributed by atoms with Gasteiger partial charge in [0, 0.05) is 62.1 Å². The normalized spacial score (nSPS) is 15.3. The van der Waals surface area contributed by atoms with Gasteiger partial charge in [-0.1, -0.05) is 0 Å². The van der Waals surface area contributed by atoms with Crippen molar-refractivity contribution in [3.63, 3.8) is 0 Å². The maximum atomic E-state index is 12.8. The molecule has 4 aromatic heterocycles. The fourth-order valence-corrected chi connectivity index (χ4v) is 5.68. The molecule has 1 fully saturated rings. The summed E-state index contributed by atoms with van der Waals surface area (Å²) >= 11 is 0. The van der Waals surface area contributed by atoms with E-state index in [1.165, 1.54) is 16.8 Å². The number of hydrogen-bond acceptors (Lipinski definition) is 9.